The third kappa shape index (κ3) is 3.75. The van der Waals surface area contributed by atoms with Gasteiger partial charge in [0.2, 0.25) is 0 Å². The van der Waals surface area contributed by atoms with Crippen molar-refractivity contribution in [1.82, 2.24) is 0 Å². The summed E-state index contributed by atoms with van der Waals surface area (Å²) in [6.07, 6.45) is 0. The quantitative estimate of drug-likeness (QED) is 0.726. The molecule has 0 aliphatic carbocycles. The van der Waals surface area contributed by atoms with Gasteiger partial charge >= 0.3 is 7.12 Å². The highest BCUT2D eigenvalue weighted by Gasteiger charge is 2.51. The minimum Gasteiger partial charge on any atom is -0.487 e. The molecule has 2 aromatic rings. The molecule has 1 aliphatic heterocycles. The van der Waals surface area contributed by atoms with E-state index in [0.717, 1.165) is 5.56 Å². The lowest BCUT2D eigenvalue weighted by Crippen LogP contribution is -2.41. The Balaban J connectivity index is 1.73. The molecule has 0 saturated carbocycles. The molecule has 138 valence electrons. The number of benzene rings is 2. The summed E-state index contributed by atoms with van der Waals surface area (Å²) in [4.78, 5) is 0. The Morgan fingerprint density at radius 2 is 1.69 bits per heavy atom. The van der Waals surface area contributed by atoms with E-state index in [-0.39, 0.29) is 12.4 Å². The van der Waals surface area contributed by atoms with Crippen LogP contribution in [-0.2, 0) is 15.9 Å². The third-order valence-electron chi connectivity index (χ3n) is 5.07. The first-order valence-corrected chi connectivity index (χ1v) is 9.00. The van der Waals surface area contributed by atoms with Gasteiger partial charge in [-0.05, 0) is 63.8 Å². The smallest absolute Gasteiger partial charge is 0.487 e. The van der Waals surface area contributed by atoms with Crippen LogP contribution in [0.3, 0.4) is 0 Å². The van der Waals surface area contributed by atoms with Crippen LogP contribution in [0.5, 0.6) is 5.75 Å². The standard InChI is InChI=1S/C20H23BClFO3/c1-13-6-9-16(22)18(10-13)24-12-14-7-8-15(11-17(14)23)21-25-19(2,3)20(4,5)26-21/h6-11H,12H2,1-5H3. The summed E-state index contributed by atoms with van der Waals surface area (Å²) < 4.78 is 32.2. The van der Waals surface area contributed by atoms with Gasteiger partial charge in [0.25, 0.3) is 0 Å². The van der Waals surface area contributed by atoms with E-state index in [4.69, 9.17) is 25.6 Å². The molecule has 6 heteroatoms. The SMILES string of the molecule is Cc1ccc(Cl)c(OCc2ccc(B3OC(C)(C)C(C)(C)O3)cc2F)c1. The van der Waals surface area contributed by atoms with Crippen molar-refractivity contribution in [2.75, 3.05) is 0 Å². The predicted octanol–water partition coefficient (Wildman–Crippen LogP) is 4.67. The lowest BCUT2D eigenvalue weighted by molar-refractivity contribution is 0.00578. The number of ether oxygens (including phenoxy) is 1. The first kappa shape index (κ1) is 19.2. The van der Waals surface area contributed by atoms with Crippen LogP contribution in [0, 0.1) is 12.7 Å². The Labute approximate surface area is 159 Å². The second-order valence-electron chi connectivity index (χ2n) is 7.66. The van der Waals surface area contributed by atoms with Crippen molar-refractivity contribution in [3.63, 3.8) is 0 Å². The van der Waals surface area contributed by atoms with Gasteiger partial charge in [-0.25, -0.2) is 4.39 Å². The summed E-state index contributed by atoms with van der Waals surface area (Å²) in [5.74, 6) is 0.182. The predicted molar refractivity (Wildman–Crippen MR) is 103 cm³/mol. The van der Waals surface area contributed by atoms with Gasteiger partial charge in [-0.3, -0.25) is 0 Å². The summed E-state index contributed by atoms with van der Waals surface area (Å²) in [5, 5.41) is 0.504. The first-order valence-electron chi connectivity index (χ1n) is 8.62. The largest absolute Gasteiger partial charge is 0.494 e. The third-order valence-corrected chi connectivity index (χ3v) is 5.38. The molecule has 1 aliphatic rings. The topological polar surface area (TPSA) is 27.7 Å². The van der Waals surface area contributed by atoms with Crippen LogP contribution in [0.1, 0.15) is 38.8 Å². The van der Waals surface area contributed by atoms with Crippen LogP contribution in [0.4, 0.5) is 4.39 Å². The Bertz CT molecular complexity index is 807. The van der Waals surface area contributed by atoms with Crippen molar-refractivity contribution >= 4 is 24.2 Å². The van der Waals surface area contributed by atoms with Gasteiger partial charge in [0.1, 0.15) is 18.2 Å². The normalized spacial score (nSPS) is 18.2. The highest BCUT2D eigenvalue weighted by atomic mass is 35.5. The maximum Gasteiger partial charge on any atom is 0.494 e. The second kappa shape index (κ2) is 6.88. The van der Waals surface area contributed by atoms with Crippen molar-refractivity contribution in [2.45, 2.75) is 52.4 Å². The van der Waals surface area contributed by atoms with Crippen LogP contribution in [0.25, 0.3) is 0 Å². The molecule has 1 saturated heterocycles. The van der Waals surface area contributed by atoms with Crippen LogP contribution in [0.15, 0.2) is 36.4 Å². The van der Waals surface area contributed by atoms with Gasteiger partial charge < -0.3 is 14.0 Å². The van der Waals surface area contributed by atoms with Crippen LogP contribution >= 0.6 is 11.6 Å². The van der Waals surface area contributed by atoms with E-state index < -0.39 is 18.3 Å². The number of aryl methyl sites for hydroxylation is 1. The molecule has 1 heterocycles. The first-order chi connectivity index (χ1) is 12.1. The van der Waals surface area contributed by atoms with Crippen LogP contribution in [-0.4, -0.2) is 18.3 Å². The highest BCUT2D eigenvalue weighted by molar-refractivity contribution is 6.62. The van der Waals surface area contributed by atoms with E-state index in [1.165, 1.54) is 6.07 Å². The summed E-state index contributed by atoms with van der Waals surface area (Å²) in [7, 11) is -0.587. The fraction of sp³-hybridized carbons (Fsp3) is 0.400. The molecule has 0 atom stereocenters. The molecule has 3 rings (SSSR count). The van der Waals surface area contributed by atoms with E-state index in [1.807, 2.05) is 52.8 Å². The summed E-state index contributed by atoms with van der Waals surface area (Å²) in [6.45, 7) is 9.92. The van der Waals surface area contributed by atoms with E-state index >= 15 is 0 Å². The number of halogens is 2. The van der Waals surface area contributed by atoms with Crippen LogP contribution in [0.2, 0.25) is 5.02 Å². The zero-order chi connectivity index (χ0) is 19.1. The molecule has 26 heavy (non-hydrogen) atoms. The molecule has 0 aromatic heterocycles. The van der Waals surface area contributed by atoms with Crippen molar-refractivity contribution in [2.24, 2.45) is 0 Å². The second-order valence-corrected chi connectivity index (χ2v) is 8.07. The molecular weight excluding hydrogens is 353 g/mol. The molecule has 0 bridgehead atoms. The summed E-state index contributed by atoms with van der Waals surface area (Å²) in [5.41, 5.74) is 1.21. The Kier molecular flexibility index (Phi) is 5.08. The molecule has 2 aromatic carbocycles. The Morgan fingerprint density at radius 3 is 2.31 bits per heavy atom. The van der Waals surface area contributed by atoms with E-state index in [9.17, 15) is 4.39 Å². The highest BCUT2D eigenvalue weighted by Crippen LogP contribution is 2.36. The molecule has 0 spiro atoms. The molecule has 3 nitrogen and oxygen atoms in total. The maximum atomic E-state index is 14.5. The average molecular weight is 377 g/mol. The van der Waals surface area contributed by atoms with Crippen LogP contribution < -0.4 is 10.2 Å². The van der Waals surface area contributed by atoms with Gasteiger partial charge in [0, 0.05) is 5.56 Å². The monoisotopic (exact) mass is 376 g/mol. The maximum absolute atomic E-state index is 14.5. The molecular formula is C20H23BClFO3. The molecule has 0 amide bonds. The van der Waals surface area contributed by atoms with E-state index in [0.29, 0.717) is 21.8 Å². The zero-order valence-electron chi connectivity index (χ0n) is 15.7. The Morgan fingerprint density at radius 1 is 1.04 bits per heavy atom. The average Bonchev–Trinajstić information content (AvgIpc) is 2.77. The number of rotatable bonds is 4. The molecule has 0 N–H and O–H groups in total. The summed E-state index contributed by atoms with van der Waals surface area (Å²) in [6, 6.07) is 10.4. The van der Waals surface area contributed by atoms with Crippen molar-refractivity contribution in [3.8, 4) is 5.75 Å². The van der Waals surface area contributed by atoms with E-state index in [2.05, 4.69) is 0 Å². The fourth-order valence-corrected chi connectivity index (χ4v) is 2.86. The lowest BCUT2D eigenvalue weighted by atomic mass is 9.79. The minimum absolute atomic E-state index is 0.0959. The Hall–Kier alpha value is -1.56. The summed E-state index contributed by atoms with van der Waals surface area (Å²) >= 11 is 6.12. The molecule has 1 fully saturated rings. The zero-order valence-corrected chi connectivity index (χ0v) is 16.5. The van der Waals surface area contributed by atoms with Gasteiger partial charge in [-0.15, -0.1) is 0 Å². The lowest BCUT2D eigenvalue weighted by Gasteiger charge is -2.32. The number of hydrogen-bond acceptors (Lipinski definition) is 3. The molecule has 0 unspecified atom stereocenters. The number of hydrogen-bond donors (Lipinski definition) is 0. The minimum atomic E-state index is -0.587. The van der Waals surface area contributed by atoms with Crippen molar-refractivity contribution in [3.05, 3.63) is 58.4 Å². The van der Waals surface area contributed by atoms with Crippen molar-refractivity contribution < 1.29 is 18.4 Å². The fourth-order valence-electron chi connectivity index (χ4n) is 2.68. The van der Waals surface area contributed by atoms with Gasteiger partial charge in [-0.2, -0.15) is 0 Å². The molecule has 0 radical (unpaired) electrons. The van der Waals surface area contributed by atoms with E-state index in [1.54, 1.807) is 12.1 Å². The van der Waals surface area contributed by atoms with Gasteiger partial charge in [0.15, 0.2) is 0 Å². The van der Waals surface area contributed by atoms with Gasteiger partial charge in [-0.1, -0.05) is 29.8 Å². The van der Waals surface area contributed by atoms with Crippen molar-refractivity contribution in [1.29, 1.82) is 0 Å². The van der Waals surface area contributed by atoms with Gasteiger partial charge in [0.05, 0.1) is 16.2 Å².